The molecule has 6 aromatic rings. The predicted octanol–water partition coefficient (Wildman–Crippen LogP) is 10.5. The minimum absolute atomic E-state index is 0.0528. The number of rotatable bonds is 11. The molecular weight excluding hydrogens is 735 g/mol. The third-order valence-electron chi connectivity index (χ3n) is 8.07. The molecule has 0 saturated carbocycles. The maximum absolute atomic E-state index is 12.6. The van der Waals surface area contributed by atoms with Crippen molar-refractivity contribution < 1.29 is 32.7 Å². The van der Waals surface area contributed by atoms with Gasteiger partial charge in [-0.05, 0) is 108 Å². The monoisotopic (exact) mass is 765 g/mol. The number of phenols is 1. The Hall–Kier alpha value is -6.28. The molecule has 0 fully saturated rings. The van der Waals surface area contributed by atoms with Crippen molar-refractivity contribution in [1.82, 2.24) is 0 Å². The van der Waals surface area contributed by atoms with Crippen LogP contribution in [-0.2, 0) is 19.5 Å². The normalized spacial score (nSPS) is 12.1. The minimum atomic E-state index is -4.92. The zero-order valence-electron chi connectivity index (χ0n) is 28.4. The van der Waals surface area contributed by atoms with E-state index in [0.29, 0.717) is 51.7 Å². The first-order valence-corrected chi connectivity index (χ1v) is 17.9. The van der Waals surface area contributed by atoms with Crippen LogP contribution in [0.3, 0.4) is 0 Å². The molecule has 0 aliphatic heterocycles. The summed E-state index contributed by atoms with van der Waals surface area (Å²) in [6.07, 6.45) is 0. The molecule has 0 saturated heterocycles. The van der Waals surface area contributed by atoms with E-state index in [2.05, 4.69) is 40.1 Å². The first-order valence-electron chi connectivity index (χ1n) is 15.8. The van der Waals surface area contributed by atoms with E-state index in [9.17, 15) is 18.1 Å². The highest BCUT2D eigenvalue weighted by atomic mass is 32.2. The molecule has 16 nitrogen and oxygen atoms in total. The van der Waals surface area contributed by atoms with Gasteiger partial charge in [-0.15, -0.1) is 19.7 Å². The molecular formula is C36H31N9O7S2. The lowest BCUT2D eigenvalue weighted by Gasteiger charge is -2.14. The molecule has 54 heavy (non-hydrogen) atoms. The van der Waals surface area contributed by atoms with Crippen LogP contribution in [-0.4, -0.2) is 23.3 Å². The number of hydrogen-bond acceptors (Lipinski definition) is 16. The standard InChI is InChI=1S/C36H31N9O7S2/c1-19-14-21(8-11-27(19)41-43-29-13-10-24(37)18-26(29)38)22-9-12-28(20(2)15-22)42-45-35-31(54(48,49)50)17-23-16-30(53-52-51-47)34(36(46)32(23)33(35)39)44-40-25-6-4-3-5-7-25/h3-18,46-47H,37-39H2,1-2H3,(H,48,49,50). The number of nitrogen functional groups attached to an aromatic ring is 3. The number of nitrogens with two attached hydrogens (primary N) is 3. The van der Waals surface area contributed by atoms with E-state index in [-0.39, 0.29) is 27.0 Å². The summed E-state index contributed by atoms with van der Waals surface area (Å²) in [5.74, 6) is -0.523. The van der Waals surface area contributed by atoms with Crippen LogP contribution >= 0.6 is 12.0 Å². The van der Waals surface area contributed by atoms with Gasteiger partial charge in [-0.1, -0.05) is 35.4 Å². The molecule has 0 atom stereocenters. The fourth-order valence-electron chi connectivity index (χ4n) is 5.40. The Balaban J connectivity index is 1.35. The van der Waals surface area contributed by atoms with E-state index in [1.807, 2.05) is 37.3 Å². The molecule has 274 valence electrons. The summed E-state index contributed by atoms with van der Waals surface area (Å²) in [5, 5.41) is 49.1. The Labute approximate surface area is 312 Å². The summed E-state index contributed by atoms with van der Waals surface area (Å²) in [7, 11) is -4.92. The molecule has 6 rings (SSSR count). The van der Waals surface area contributed by atoms with Crippen LogP contribution in [0.1, 0.15) is 11.1 Å². The van der Waals surface area contributed by atoms with Gasteiger partial charge in [0.25, 0.3) is 10.1 Å². The fourth-order valence-corrected chi connectivity index (χ4v) is 6.56. The van der Waals surface area contributed by atoms with Gasteiger partial charge in [0.15, 0.2) is 5.75 Å². The van der Waals surface area contributed by atoms with Gasteiger partial charge >= 0.3 is 0 Å². The van der Waals surface area contributed by atoms with Crippen LogP contribution in [0.5, 0.6) is 5.75 Å². The Morgan fingerprint density at radius 1 is 0.685 bits per heavy atom. The number of nitrogens with zero attached hydrogens (tertiary/aromatic N) is 6. The molecule has 0 aliphatic carbocycles. The molecule has 0 radical (unpaired) electrons. The van der Waals surface area contributed by atoms with Crippen molar-refractivity contribution in [1.29, 1.82) is 0 Å². The number of hydrogen-bond donors (Lipinski definition) is 6. The smallest absolute Gasteiger partial charge is 0.296 e. The lowest BCUT2D eigenvalue weighted by molar-refractivity contribution is -0.432. The quantitative estimate of drug-likeness (QED) is 0.0180. The topological polar surface area (TPSA) is 266 Å². The van der Waals surface area contributed by atoms with Gasteiger partial charge < -0.3 is 22.3 Å². The molecule has 0 aliphatic rings. The molecule has 0 bridgehead atoms. The number of aryl methyl sites for hydroxylation is 2. The molecule has 9 N–H and O–H groups in total. The Morgan fingerprint density at radius 2 is 1.28 bits per heavy atom. The van der Waals surface area contributed by atoms with Crippen LogP contribution in [0.2, 0.25) is 0 Å². The van der Waals surface area contributed by atoms with Crippen molar-refractivity contribution in [3.05, 3.63) is 108 Å². The fraction of sp³-hybridized carbons (Fsp3) is 0.0556. The van der Waals surface area contributed by atoms with Crippen LogP contribution in [0.4, 0.5) is 51.2 Å². The first kappa shape index (κ1) is 37.5. The van der Waals surface area contributed by atoms with Gasteiger partial charge in [-0.3, -0.25) is 4.55 Å². The molecule has 6 aromatic carbocycles. The van der Waals surface area contributed by atoms with Gasteiger partial charge in [0.2, 0.25) is 0 Å². The van der Waals surface area contributed by atoms with E-state index < -0.39 is 26.5 Å². The van der Waals surface area contributed by atoms with E-state index in [4.69, 9.17) is 22.5 Å². The van der Waals surface area contributed by atoms with Crippen molar-refractivity contribution >= 4 is 84.1 Å². The molecule has 0 amide bonds. The second-order valence-corrected chi connectivity index (χ2v) is 13.9. The number of fused-ring (bicyclic) bond motifs is 1. The Morgan fingerprint density at radius 3 is 1.87 bits per heavy atom. The van der Waals surface area contributed by atoms with E-state index in [1.165, 1.54) is 6.07 Å². The first-order chi connectivity index (χ1) is 25.8. The molecule has 0 heterocycles. The van der Waals surface area contributed by atoms with E-state index in [1.54, 1.807) is 61.5 Å². The average Bonchev–Trinajstić information content (AvgIpc) is 3.13. The molecule has 0 spiro atoms. The van der Waals surface area contributed by atoms with Gasteiger partial charge in [-0.25, -0.2) is 5.26 Å². The van der Waals surface area contributed by atoms with Crippen LogP contribution < -0.4 is 17.2 Å². The summed E-state index contributed by atoms with van der Waals surface area (Å²) in [4.78, 5) is -0.622. The SMILES string of the molecule is Cc1cc(-c2ccc(N=Nc3c(S(=O)(=O)O)cc4cc(SOOO)c(N=Nc5ccccc5)c(O)c4c3N)c(C)c2)ccc1N=Nc1ccc(N)cc1N. The molecule has 0 unspecified atom stereocenters. The van der Waals surface area contributed by atoms with Crippen molar-refractivity contribution in [2.24, 2.45) is 30.7 Å². The number of azo groups is 3. The van der Waals surface area contributed by atoms with Crippen LogP contribution in [0.15, 0.2) is 138 Å². The third kappa shape index (κ3) is 8.18. The van der Waals surface area contributed by atoms with Gasteiger partial charge in [0.1, 0.15) is 22.0 Å². The Kier molecular flexibility index (Phi) is 10.9. The van der Waals surface area contributed by atoms with Crippen molar-refractivity contribution in [2.45, 2.75) is 23.6 Å². The highest BCUT2D eigenvalue weighted by Gasteiger charge is 2.25. The largest absolute Gasteiger partial charge is 0.505 e. The van der Waals surface area contributed by atoms with Crippen LogP contribution in [0, 0.1) is 13.8 Å². The van der Waals surface area contributed by atoms with Gasteiger partial charge in [0, 0.05) is 5.69 Å². The molecule has 18 heteroatoms. The lowest BCUT2D eigenvalue weighted by atomic mass is 10.0. The summed E-state index contributed by atoms with van der Waals surface area (Å²) < 4.78 is 39.9. The van der Waals surface area contributed by atoms with Crippen molar-refractivity contribution in [3.8, 4) is 16.9 Å². The van der Waals surface area contributed by atoms with E-state index >= 15 is 0 Å². The van der Waals surface area contributed by atoms with Crippen LogP contribution in [0.25, 0.3) is 21.9 Å². The van der Waals surface area contributed by atoms with Crippen molar-refractivity contribution in [3.63, 3.8) is 0 Å². The second kappa shape index (κ2) is 15.8. The van der Waals surface area contributed by atoms with Crippen molar-refractivity contribution in [2.75, 3.05) is 17.2 Å². The van der Waals surface area contributed by atoms with Gasteiger partial charge in [-0.2, -0.15) is 23.8 Å². The minimum Gasteiger partial charge on any atom is -0.505 e. The highest BCUT2D eigenvalue weighted by molar-refractivity contribution is 7.94. The lowest BCUT2D eigenvalue weighted by Crippen LogP contribution is -2.02. The number of aromatic hydroxyl groups is 1. The number of phenolic OH excluding ortho intramolecular Hbond substituents is 1. The number of benzene rings is 6. The Bertz CT molecular complexity index is 2600. The highest BCUT2D eigenvalue weighted by Crippen LogP contribution is 2.49. The predicted molar refractivity (Wildman–Crippen MR) is 206 cm³/mol. The second-order valence-electron chi connectivity index (χ2n) is 11.8. The maximum Gasteiger partial charge on any atom is 0.296 e. The van der Waals surface area contributed by atoms with E-state index in [0.717, 1.165) is 22.8 Å². The van der Waals surface area contributed by atoms with Gasteiger partial charge in [0.05, 0.1) is 50.8 Å². The summed E-state index contributed by atoms with van der Waals surface area (Å²) in [5.41, 5.74) is 23.5. The number of anilines is 3. The maximum atomic E-state index is 12.6. The third-order valence-corrected chi connectivity index (χ3v) is 9.56. The zero-order valence-corrected chi connectivity index (χ0v) is 30.1. The molecule has 0 aromatic heterocycles. The average molecular weight is 766 g/mol. The summed E-state index contributed by atoms with van der Waals surface area (Å²) in [6.45, 7) is 3.70. The summed E-state index contributed by atoms with van der Waals surface area (Å²) in [6, 6.07) is 27.1. The zero-order chi connectivity index (χ0) is 38.6. The summed E-state index contributed by atoms with van der Waals surface area (Å²) >= 11 is 0.449.